The van der Waals surface area contributed by atoms with Gasteiger partial charge in [0.25, 0.3) is 5.91 Å². The van der Waals surface area contributed by atoms with Crippen molar-refractivity contribution < 1.29 is 13.9 Å². The lowest BCUT2D eigenvalue weighted by atomic mass is 9.95. The highest BCUT2D eigenvalue weighted by Crippen LogP contribution is 2.20. The predicted octanol–water partition coefficient (Wildman–Crippen LogP) is 2.28. The van der Waals surface area contributed by atoms with Gasteiger partial charge in [-0.05, 0) is 44.0 Å². The third-order valence-electron chi connectivity index (χ3n) is 4.05. The van der Waals surface area contributed by atoms with Gasteiger partial charge in [-0.15, -0.1) is 0 Å². The van der Waals surface area contributed by atoms with E-state index in [2.05, 4.69) is 10.3 Å². The molecule has 22 heavy (non-hydrogen) atoms. The highest BCUT2D eigenvalue weighted by Gasteiger charge is 2.30. The summed E-state index contributed by atoms with van der Waals surface area (Å²) in [6, 6.07) is 5.80. The normalized spacial score (nSPS) is 21.0. The summed E-state index contributed by atoms with van der Waals surface area (Å²) >= 11 is 0. The summed E-state index contributed by atoms with van der Waals surface area (Å²) in [6.07, 6.45) is 4.45. The molecule has 0 radical (unpaired) electrons. The maximum atomic E-state index is 12.4. The Labute approximate surface area is 129 Å². The van der Waals surface area contributed by atoms with Crippen molar-refractivity contribution in [1.29, 1.82) is 0 Å². The second kappa shape index (κ2) is 6.32. The first-order chi connectivity index (χ1) is 10.6. The van der Waals surface area contributed by atoms with E-state index < -0.39 is 0 Å². The number of pyridine rings is 1. The van der Waals surface area contributed by atoms with Crippen LogP contribution in [0.4, 0.5) is 0 Å². The molecule has 0 saturated carbocycles. The van der Waals surface area contributed by atoms with Crippen LogP contribution in [0.25, 0.3) is 0 Å². The molecule has 1 amide bonds. The Kier molecular flexibility index (Phi) is 4.24. The fourth-order valence-electron chi connectivity index (χ4n) is 2.88. The second-order valence-corrected chi connectivity index (χ2v) is 5.76. The van der Waals surface area contributed by atoms with Gasteiger partial charge >= 0.3 is 0 Å². The lowest BCUT2D eigenvalue weighted by molar-refractivity contribution is 0.0923. The second-order valence-electron chi connectivity index (χ2n) is 5.76. The predicted molar refractivity (Wildman–Crippen MR) is 81.7 cm³/mol. The van der Waals surface area contributed by atoms with Crippen LogP contribution < -0.4 is 5.32 Å². The maximum absolute atomic E-state index is 12.4. The number of hydrogen-bond acceptors (Lipinski definition) is 4. The summed E-state index contributed by atoms with van der Waals surface area (Å²) in [5.74, 6) is 1.59. The molecular weight excluding hydrogens is 280 g/mol. The van der Waals surface area contributed by atoms with Gasteiger partial charge in [-0.1, -0.05) is 0 Å². The third-order valence-corrected chi connectivity index (χ3v) is 4.05. The van der Waals surface area contributed by atoms with Crippen LogP contribution in [-0.4, -0.2) is 30.1 Å². The number of nitrogens with zero attached hydrogens (tertiary/aromatic N) is 1. The molecule has 3 heterocycles. The summed E-state index contributed by atoms with van der Waals surface area (Å²) in [5.41, 5.74) is 1.81. The van der Waals surface area contributed by atoms with Crippen molar-refractivity contribution in [2.75, 3.05) is 13.2 Å². The molecule has 2 atom stereocenters. The fraction of sp³-hybridized carbons (Fsp3) is 0.412. The van der Waals surface area contributed by atoms with E-state index in [1.54, 1.807) is 18.5 Å². The zero-order chi connectivity index (χ0) is 15.5. The van der Waals surface area contributed by atoms with Gasteiger partial charge in [0.05, 0.1) is 24.8 Å². The molecule has 1 N–H and O–H groups in total. The monoisotopic (exact) mass is 300 g/mol. The number of amides is 1. The number of carbonyl (C=O) groups is 1. The number of aromatic nitrogens is 1. The quantitative estimate of drug-likeness (QED) is 0.941. The Bertz CT molecular complexity index is 651. The molecule has 1 aliphatic rings. The van der Waals surface area contributed by atoms with Gasteiger partial charge in [0.15, 0.2) is 0 Å². The number of ether oxygens (including phenoxy) is 1. The van der Waals surface area contributed by atoms with Crippen molar-refractivity contribution >= 4 is 5.91 Å². The van der Waals surface area contributed by atoms with Crippen LogP contribution in [-0.2, 0) is 11.2 Å². The molecule has 3 rings (SSSR count). The standard InChI is InChI=1S/C17H20N2O3/c1-11-7-15(12(2)22-11)17(20)19-16-10-21-9-14(16)8-13-3-5-18-6-4-13/h3-7,14,16H,8-10H2,1-2H3,(H,19,20)/t14-,16+/m1/s1. The smallest absolute Gasteiger partial charge is 0.255 e. The Balaban J connectivity index is 1.66. The van der Waals surface area contributed by atoms with Gasteiger partial charge in [-0.3, -0.25) is 9.78 Å². The van der Waals surface area contributed by atoms with E-state index in [4.69, 9.17) is 9.15 Å². The number of rotatable bonds is 4. The lowest BCUT2D eigenvalue weighted by Crippen LogP contribution is -2.40. The number of nitrogens with one attached hydrogen (secondary N) is 1. The van der Waals surface area contributed by atoms with E-state index in [-0.39, 0.29) is 17.9 Å². The third kappa shape index (κ3) is 3.20. The van der Waals surface area contributed by atoms with Crippen LogP contribution in [0.2, 0.25) is 0 Å². The Hall–Kier alpha value is -2.14. The minimum absolute atomic E-state index is 0.0234. The molecule has 1 fully saturated rings. The van der Waals surface area contributed by atoms with E-state index in [1.807, 2.05) is 26.0 Å². The van der Waals surface area contributed by atoms with Gasteiger partial charge in [0.1, 0.15) is 11.5 Å². The molecule has 5 heteroatoms. The molecule has 0 bridgehead atoms. The van der Waals surface area contributed by atoms with Crippen LogP contribution in [0, 0.1) is 19.8 Å². The van der Waals surface area contributed by atoms with Crippen LogP contribution in [0.1, 0.15) is 27.4 Å². The van der Waals surface area contributed by atoms with Crippen molar-refractivity contribution in [3.8, 4) is 0 Å². The average Bonchev–Trinajstić information content (AvgIpc) is 3.06. The molecule has 5 nitrogen and oxygen atoms in total. The number of hydrogen-bond donors (Lipinski definition) is 1. The van der Waals surface area contributed by atoms with E-state index in [0.717, 1.165) is 12.2 Å². The van der Waals surface area contributed by atoms with E-state index >= 15 is 0 Å². The van der Waals surface area contributed by atoms with Crippen molar-refractivity contribution in [1.82, 2.24) is 10.3 Å². The molecule has 116 valence electrons. The summed E-state index contributed by atoms with van der Waals surface area (Å²) in [5, 5.41) is 3.08. The fourth-order valence-corrected chi connectivity index (χ4v) is 2.88. The highest BCUT2D eigenvalue weighted by molar-refractivity contribution is 5.95. The average molecular weight is 300 g/mol. The van der Waals surface area contributed by atoms with Crippen molar-refractivity contribution in [2.24, 2.45) is 5.92 Å². The first kappa shape index (κ1) is 14.8. The minimum Gasteiger partial charge on any atom is -0.466 e. The number of aryl methyl sites for hydroxylation is 2. The lowest BCUT2D eigenvalue weighted by Gasteiger charge is -2.19. The summed E-state index contributed by atoms with van der Waals surface area (Å²) in [7, 11) is 0. The largest absolute Gasteiger partial charge is 0.466 e. The van der Waals surface area contributed by atoms with Crippen molar-refractivity contribution in [3.05, 3.63) is 53.2 Å². The molecule has 0 aromatic carbocycles. The van der Waals surface area contributed by atoms with Crippen molar-refractivity contribution in [3.63, 3.8) is 0 Å². The summed E-state index contributed by atoms with van der Waals surface area (Å²) < 4.78 is 11.0. The summed E-state index contributed by atoms with van der Waals surface area (Å²) in [6.45, 7) is 4.87. The van der Waals surface area contributed by atoms with E-state index in [1.165, 1.54) is 5.56 Å². The Morgan fingerprint density at radius 1 is 1.32 bits per heavy atom. The first-order valence-electron chi connectivity index (χ1n) is 7.48. The van der Waals surface area contributed by atoms with Gasteiger partial charge in [-0.25, -0.2) is 0 Å². The Morgan fingerprint density at radius 2 is 2.09 bits per heavy atom. The molecule has 2 aromatic heterocycles. The first-order valence-corrected chi connectivity index (χ1v) is 7.48. The van der Waals surface area contributed by atoms with Crippen LogP contribution in [0.5, 0.6) is 0 Å². The topological polar surface area (TPSA) is 64.4 Å². The van der Waals surface area contributed by atoms with Crippen molar-refractivity contribution in [2.45, 2.75) is 26.3 Å². The molecular formula is C17H20N2O3. The molecule has 0 unspecified atom stereocenters. The Morgan fingerprint density at radius 3 is 2.77 bits per heavy atom. The highest BCUT2D eigenvalue weighted by atomic mass is 16.5. The molecule has 0 aliphatic carbocycles. The van der Waals surface area contributed by atoms with Gasteiger partial charge < -0.3 is 14.5 Å². The molecule has 1 saturated heterocycles. The molecule has 2 aromatic rings. The minimum atomic E-state index is -0.0930. The van der Waals surface area contributed by atoms with Gasteiger partial charge in [0.2, 0.25) is 0 Å². The van der Waals surface area contributed by atoms with E-state index in [9.17, 15) is 4.79 Å². The zero-order valence-corrected chi connectivity index (χ0v) is 12.8. The van der Waals surface area contributed by atoms with Gasteiger partial charge in [-0.2, -0.15) is 0 Å². The van der Waals surface area contributed by atoms with Crippen LogP contribution in [0.15, 0.2) is 35.0 Å². The number of carbonyl (C=O) groups excluding carboxylic acids is 1. The number of furan rings is 1. The SMILES string of the molecule is Cc1cc(C(=O)N[C@H]2COC[C@H]2Cc2ccncc2)c(C)o1. The zero-order valence-electron chi connectivity index (χ0n) is 12.8. The van der Waals surface area contributed by atoms with E-state index in [0.29, 0.717) is 24.5 Å². The maximum Gasteiger partial charge on any atom is 0.255 e. The molecule has 1 aliphatic heterocycles. The molecule has 0 spiro atoms. The van der Waals surface area contributed by atoms with Gasteiger partial charge in [0, 0.05) is 18.3 Å². The summed E-state index contributed by atoms with van der Waals surface area (Å²) in [4.78, 5) is 16.4. The van der Waals surface area contributed by atoms with Crippen LogP contribution >= 0.6 is 0 Å². The van der Waals surface area contributed by atoms with Crippen LogP contribution in [0.3, 0.4) is 0 Å².